The van der Waals surface area contributed by atoms with E-state index in [1.54, 1.807) is 50.6 Å². The molecule has 7 nitrogen and oxygen atoms in total. The highest BCUT2D eigenvalue weighted by molar-refractivity contribution is 5.80. The summed E-state index contributed by atoms with van der Waals surface area (Å²) in [6.07, 6.45) is 0.917. The highest BCUT2D eigenvalue weighted by Crippen LogP contribution is 2.27. The van der Waals surface area contributed by atoms with Crippen LogP contribution in [0, 0.1) is 5.82 Å². The number of aryl methyl sites for hydroxylation is 1. The van der Waals surface area contributed by atoms with Crippen LogP contribution in [0.3, 0.4) is 0 Å². The summed E-state index contributed by atoms with van der Waals surface area (Å²) in [5.41, 5.74) is 1.33. The zero-order valence-corrected chi connectivity index (χ0v) is 18.6. The number of carbonyl (C=O) groups excluding carboxylic acids is 2. The first-order valence-corrected chi connectivity index (χ1v) is 10.5. The molecule has 1 amide bonds. The van der Waals surface area contributed by atoms with Gasteiger partial charge in [-0.1, -0.05) is 18.2 Å². The van der Waals surface area contributed by atoms with Crippen molar-refractivity contribution in [1.29, 1.82) is 0 Å². The SMILES string of the molecule is COc1ccc(CCNC(=O)COC(=O)CCc2ccc(-c3ccccc3F)o2)cc1OC. The number of methoxy groups -OCH3 is 2. The predicted octanol–water partition coefficient (Wildman–Crippen LogP) is 3.94. The van der Waals surface area contributed by atoms with Gasteiger partial charge >= 0.3 is 5.97 Å². The van der Waals surface area contributed by atoms with E-state index in [2.05, 4.69) is 5.32 Å². The van der Waals surface area contributed by atoms with E-state index >= 15 is 0 Å². The first-order chi connectivity index (χ1) is 16.0. The van der Waals surface area contributed by atoms with E-state index in [1.165, 1.54) is 6.07 Å². The molecule has 0 aliphatic carbocycles. The number of carbonyl (C=O) groups is 2. The van der Waals surface area contributed by atoms with Crippen molar-refractivity contribution in [2.24, 2.45) is 0 Å². The predicted molar refractivity (Wildman–Crippen MR) is 120 cm³/mol. The highest BCUT2D eigenvalue weighted by Gasteiger charge is 2.12. The Bertz CT molecular complexity index is 1090. The fourth-order valence-electron chi connectivity index (χ4n) is 3.19. The van der Waals surface area contributed by atoms with E-state index in [0.29, 0.717) is 41.5 Å². The van der Waals surface area contributed by atoms with Gasteiger partial charge < -0.3 is 23.9 Å². The zero-order chi connectivity index (χ0) is 23.6. The quantitative estimate of drug-likeness (QED) is 0.441. The summed E-state index contributed by atoms with van der Waals surface area (Å²) >= 11 is 0. The Hall–Kier alpha value is -3.81. The number of hydrogen-bond acceptors (Lipinski definition) is 6. The lowest BCUT2D eigenvalue weighted by molar-refractivity contribution is -0.148. The van der Waals surface area contributed by atoms with Crippen LogP contribution < -0.4 is 14.8 Å². The van der Waals surface area contributed by atoms with Crippen LogP contribution in [0.4, 0.5) is 4.39 Å². The molecule has 0 spiro atoms. The Morgan fingerprint density at radius 1 is 0.970 bits per heavy atom. The van der Waals surface area contributed by atoms with Crippen LogP contribution in [-0.4, -0.2) is 39.2 Å². The van der Waals surface area contributed by atoms with Crippen LogP contribution in [0.15, 0.2) is 59.0 Å². The number of nitrogens with one attached hydrogen (secondary N) is 1. The molecule has 0 unspecified atom stereocenters. The van der Waals surface area contributed by atoms with Gasteiger partial charge in [0.1, 0.15) is 17.3 Å². The molecule has 0 saturated heterocycles. The van der Waals surface area contributed by atoms with Gasteiger partial charge in [0, 0.05) is 13.0 Å². The molecule has 0 radical (unpaired) electrons. The molecule has 1 N–H and O–H groups in total. The van der Waals surface area contributed by atoms with Gasteiger partial charge in [-0.15, -0.1) is 0 Å². The van der Waals surface area contributed by atoms with Crippen molar-refractivity contribution in [3.05, 3.63) is 71.7 Å². The average Bonchev–Trinajstić information content (AvgIpc) is 3.30. The van der Waals surface area contributed by atoms with E-state index in [1.807, 2.05) is 12.1 Å². The number of amides is 1. The molecule has 0 fully saturated rings. The van der Waals surface area contributed by atoms with Crippen molar-refractivity contribution in [3.8, 4) is 22.8 Å². The molecule has 0 atom stereocenters. The Morgan fingerprint density at radius 3 is 2.52 bits per heavy atom. The van der Waals surface area contributed by atoms with Crippen molar-refractivity contribution in [1.82, 2.24) is 5.32 Å². The lowest BCUT2D eigenvalue weighted by Crippen LogP contribution is -2.30. The fourth-order valence-corrected chi connectivity index (χ4v) is 3.19. The number of rotatable bonds is 11. The summed E-state index contributed by atoms with van der Waals surface area (Å²) in [4.78, 5) is 23.9. The molecule has 174 valence electrons. The molecule has 3 aromatic rings. The molecule has 8 heteroatoms. The van der Waals surface area contributed by atoms with Gasteiger partial charge in [-0.3, -0.25) is 9.59 Å². The molecule has 1 aromatic heterocycles. The molecule has 0 bridgehead atoms. The van der Waals surface area contributed by atoms with Crippen LogP contribution in [-0.2, 0) is 27.2 Å². The Kier molecular flexibility index (Phi) is 8.46. The first-order valence-electron chi connectivity index (χ1n) is 10.5. The zero-order valence-electron chi connectivity index (χ0n) is 18.6. The van der Waals surface area contributed by atoms with Crippen molar-refractivity contribution >= 4 is 11.9 Å². The van der Waals surface area contributed by atoms with Gasteiger partial charge in [0.25, 0.3) is 5.91 Å². The lowest BCUT2D eigenvalue weighted by atomic mass is 10.1. The summed E-state index contributed by atoms with van der Waals surface area (Å²) in [5.74, 6) is 0.894. The van der Waals surface area contributed by atoms with Gasteiger partial charge in [-0.25, -0.2) is 4.39 Å². The van der Waals surface area contributed by atoms with Gasteiger partial charge in [0.2, 0.25) is 0 Å². The van der Waals surface area contributed by atoms with E-state index in [0.717, 1.165) is 5.56 Å². The molecular weight excluding hydrogens is 429 g/mol. The third-order valence-corrected chi connectivity index (χ3v) is 4.92. The van der Waals surface area contributed by atoms with Crippen molar-refractivity contribution in [3.63, 3.8) is 0 Å². The lowest BCUT2D eigenvalue weighted by Gasteiger charge is -2.10. The number of hydrogen-bond donors (Lipinski definition) is 1. The van der Waals surface area contributed by atoms with Gasteiger partial charge in [0.05, 0.1) is 26.2 Å². The summed E-state index contributed by atoms with van der Waals surface area (Å²) < 4.78 is 34.9. The number of ether oxygens (including phenoxy) is 3. The third kappa shape index (κ3) is 6.83. The maximum absolute atomic E-state index is 13.8. The number of halogens is 1. The van der Waals surface area contributed by atoms with Crippen molar-refractivity contribution < 1.29 is 32.6 Å². The summed E-state index contributed by atoms with van der Waals surface area (Å²) in [6.45, 7) is 0.0283. The highest BCUT2D eigenvalue weighted by atomic mass is 19.1. The van der Waals surface area contributed by atoms with Crippen LogP contribution in [0.5, 0.6) is 11.5 Å². The van der Waals surface area contributed by atoms with Crippen LogP contribution in [0.2, 0.25) is 0 Å². The Morgan fingerprint density at radius 2 is 1.76 bits per heavy atom. The van der Waals surface area contributed by atoms with E-state index in [4.69, 9.17) is 18.6 Å². The number of esters is 1. The Balaban J connectivity index is 1.36. The first kappa shape index (κ1) is 23.8. The number of furan rings is 1. The summed E-state index contributed by atoms with van der Waals surface area (Å²) in [5, 5.41) is 2.71. The van der Waals surface area contributed by atoms with Crippen molar-refractivity contribution in [2.45, 2.75) is 19.3 Å². The minimum absolute atomic E-state index is 0.0448. The standard InChI is InChI=1S/C25H26FNO6/c1-30-22-10-7-17(15-23(22)31-2)13-14-27-24(28)16-32-25(29)12-9-18-8-11-21(33-18)19-5-3-4-6-20(19)26/h3-8,10-11,15H,9,12-14,16H2,1-2H3,(H,27,28). The van der Waals surface area contributed by atoms with E-state index in [9.17, 15) is 14.0 Å². The second-order valence-corrected chi connectivity index (χ2v) is 7.20. The maximum atomic E-state index is 13.8. The van der Waals surface area contributed by atoms with Crippen LogP contribution in [0.1, 0.15) is 17.7 Å². The monoisotopic (exact) mass is 455 g/mol. The molecule has 33 heavy (non-hydrogen) atoms. The molecule has 0 saturated carbocycles. The smallest absolute Gasteiger partial charge is 0.306 e. The molecule has 0 aliphatic rings. The van der Waals surface area contributed by atoms with Gasteiger partial charge in [-0.2, -0.15) is 0 Å². The molecule has 3 rings (SSSR count). The normalized spacial score (nSPS) is 10.5. The third-order valence-electron chi connectivity index (χ3n) is 4.92. The second-order valence-electron chi connectivity index (χ2n) is 7.20. The van der Waals surface area contributed by atoms with E-state index in [-0.39, 0.29) is 31.2 Å². The fraction of sp³-hybridized carbons (Fsp3) is 0.280. The van der Waals surface area contributed by atoms with Crippen molar-refractivity contribution in [2.75, 3.05) is 27.4 Å². The molecule has 1 heterocycles. The molecule has 0 aliphatic heterocycles. The average molecular weight is 455 g/mol. The largest absolute Gasteiger partial charge is 0.493 e. The molecule has 2 aromatic carbocycles. The van der Waals surface area contributed by atoms with Gasteiger partial charge in [-0.05, 0) is 48.4 Å². The Labute approximate surface area is 191 Å². The second kappa shape index (κ2) is 11.7. The topological polar surface area (TPSA) is 87.0 Å². The minimum atomic E-state index is -0.520. The van der Waals surface area contributed by atoms with Crippen LogP contribution in [0.25, 0.3) is 11.3 Å². The minimum Gasteiger partial charge on any atom is -0.493 e. The van der Waals surface area contributed by atoms with Crippen LogP contribution >= 0.6 is 0 Å². The van der Waals surface area contributed by atoms with E-state index < -0.39 is 5.97 Å². The maximum Gasteiger partial charge on any atom is 0.306 e. The van der Waals surface area contributed by atoms with Gasteiger partial charge in [0.15, 0.2) is 18.1 Å². The summed E-state index contributed by atoms with van der Waals surface area (Å²) in [7, 11) is 3.13. The number of benzene rings is 2. The summed E-state index contributed by atoms with van der Waals surface area (Å²) in [6, 6.07) is 15.2. The molecular formula is C25H26FNO6.